The Balaban J connectivity index is 1.83. The van der Waals surface area contributed by atoms with Crippen molar-refractivity contribution in [2.24, 2.45) is 0 Å². The molecule has 2 aromatic carbocycles. The fourth-order valence-corrected chi connectivity index (χ4v) is 4.22. The molecule has 6 heteroatoms. The van der Waals surface area contributed by atoms with Gasteiger partial charge in [0.15, 0.2) is 0 Å². The number of ether oxygens (including phenoxy) is 2. The van der Waals surface area contributed by atoms with Crippen molar-refractivity contribution in [2.45, 2.75) is 6.92 Å². The Hall–Kier alpha value is -3.12. The number of nitrogens with zero attached hydrogens (tertiary/aromatic N) is 2. The number of hydrogen-bond donors (Lipinski definition) is 1. The molecule has 1 N–H and O–H groups in total. The summed E-state index contributed by atoms with van der Waals surface area (Å²) < 4.78 is 10.8. The van der Waals surface area contributed by atoms with E-state index in [1.807, 2.05) is 36.4 Å². The van der Waals surface area contributed by atoms with E-state index in [2.05, 4.69) is 34.3 Å². The number of fused-ring (bicyclic) bond motifs is 1. The second-order valence-electron chi connectivity index (χ2n) is 6.02. The van der Waals surface area contributed by atoms with Crippen LogP contribution < -0.4 is 14.8 Å². The van der Waals surface area contributed by atoms with E-state index in [1.54, 1.807) is 31.9 Å². The zero-order valence-corrected chi connectivity index (χ0v) is 16.1. The first-order valence-corrected chi connectivity index (χ1v) is 9.31. The minimum absolute atomic E-state index is 0.721. The van der Waals surface area contributed by atoms with Crippen LogP contribution in [0.5, 0.6) is 11.5 Å². The van der Waals surface area contributed by atoms with Gasteiger partial charge >= 0.3 is 0 Å². The lowest BCUT2D eigenvalue weighted by atomic mass is 10.1. The maximum Gasteiger partial charge on any atom is 0.142 e. The van der Waals surface area contributed by atoms with E-state index in [1.165, 1.54) is 10.4 Å². The van der Waals surface area contributed by atoms with Crippen LogP contribution in [-0.4, -0.2) is 24.2 Å². The second kappa shape index (κ2) is 7.25. The van der Waals surface area contributed by atoms with Crippen molar-refractivity contribution in [3.63, 3.8) is 0 Å². The molecule has 4 aromatic rings. The van der Waals surface area contributed by atoms with Gasteiger partial charge in [-0.15, -0.1) is 11.3 Å². The number of benzene rings is 2. The highest BCUT2D eigenvalue weighted by molar-refractivity contribution is 7.22. The van der Waals surface area contributed by atoms with Gasteiger partial charge < -0.3 is 14.8 Å². The summed E-state index contributed by atoms with van der Waals surface area (Å²) >= 11 is 1.67. The molecule has 0 atom stereocenters. The number of hydrogen-bond acceptors (Lipinski definition) is 6. The van der Waals surface area contributed by atoms with Crippen LogP contribution in [0.25, 0.3) is 20.7 Å². The first-order chi connectivity index (χ1) is 13.2. The van der Waals surface area contributed by atoms with Gasteiger partial charge in [-0.25, -0.2) is 9.97 Å². The zero-order chi connectivity index (χ0) is 18.8. The third-order valence-electron chi connectivity index (χ3n) is 4.42. The summed E-state index contributed by atoms with van der Waals surface area (Å²) in [7, 11) is 3.29. The van der Waals surface area contributed by atoms with Gasteiger partial charge in [-0.1, -0.05) is 30.3 Å². The predicted molar refractivity (Wildman–Crippen MR) is 110 cm³/mol. The molecule has 0 saturated heterocycles. The topological polar surface area (TPSA) is 56.3 Å². The van der Waals surface area contributed by atoms with Gasteiger partial charge in [-0.3, -0.25) is 0 Å². The van der Waals surface area contributed by atoms with Gasteiger partial charge in [0, 0.05) is 10.9 Å². The summed E-state index contributed by atoms with van der Waals surface area (Å²) in [5, 5.41) is 4.42. The van der Waals surface area contributed by atoms with Crippen LogP contribution in [0.3, 0.4) is 0 Å². The van der Waals surface area contributed by atoms with Crippen molar-refractivity contribution in [1.82, 2.24) is 9.97 Å². The van der Waals surface area contributed by atoms with Crippen molar-refractivity contribution in [2.75, 3.05) is 19.5 Å². The Morgan fingerprint density at radius 1 is 0.963 bits per heavy atom. The Bertz CT molecular complexity index is 1090. The molecule has 27 heavy (non-hydrogen) atoms. The molecule has 2 heterocycles. The van der Waals surface area contributed by atoms with E-state index >= 15 is 0 Å². The number of thiophene rings is 1. The van der Waals surface area contributed by atoms with Crippen molar-refractivity contribution in [3.05, 3.63) is 60.4 Å². The molecule has 0 aliphatic carbocycles. The van der Waals surface area contributed by atoms with E-state index in [0.717, 1.165) is 38.8 Å². The SMILES string of the molecule is COc1ccc(OC)c(Nc2ncnc3sc(-c4ccccc4)c(C)c23)c1. The molecule has 2 aromatic heterocycles. The molecule has 0 saturated carbocycles. The quantitative estimate of drug-likeness (QED) is 0.503. The lowest BCUT2D eigenvalue weighted by Gasteiger charge is -2.13. The van der Waals surface area contributed by atoms with Crippen LogP contribution in [0.15, 0.2) is 54.9 Å². The maximum absolute atomic E-state index is 5.48. The molecule has 136 valence electrons. The highest BCUT2D eigenvalue weighted by atomic mass is 32.1. The zero-order valence-electron chi connectivity index (χ0n) is 15.3. The monoisotopic (exact) mass is 377 g/mol. The molecular formula is C21H19N3O2S. The van der Waals surface area contributed by atoms with Crippen LogP contribution in [0.1, 0.15) is 5.56 Å². The molecule has 0 spiro atoms. The minimum Gasteiger partial charge on any atom is -0.497 e. The first kappa shape index (κ1) is 17.3. The number of nitrogens with one attached hydrogen (secondary N) is 1. The summed E-state index contributed by atoms with van der Waals surface area (Å²) in [6.45, 7) is 2.11. The maximum atomic E-state index is 5.48. The van der Waals surface area contributed by atoms with E-state index in [4.69, 9.17) is 9.47 Å². The number of aromatic nitrogens is 2. The Labute approximate surface area is 161 Å². The smallest absolute Gasteiger partial charge is 0.142 e. The molecule has 0 bridgehead atoms. The molecule has 0 fully saturated rings. The fraction of sp³-hybridized carbons (Fsp3) is 0.143. The summed E-state index contributed by atoms with van der Waals surface area (Å²) in [5.41, 5.74) is 3.14. The summed E-state index contributed by atoms with van der Waals surface area (Å²) in [6, 6.07) is 16.0. The first-order valence-electron chi connectivity index (χ1n) is 8.50. The third-order valence-corrected chi connectivity index (χ3v) is 5.67. The lowest BCUT2D eigenvalue weighted by molar-refractivity contribution is 0.405. The average Bonchev–Trinajstić information content (AvgIpc) is 3.06. The molecule has 4 rings (SSSR count). The van der Waals surface area contributed by atoms with Crippen molar-refractivity contribution >= 4 is 33.1 Å². The van der Waals surface area contributed by atoms with Crippen LogP contribution in [0.4, 0.5) is 11.5 Å². The summed E-state index contributed by atoms with van der Waals surface area (Å²) in [4.78, 5) is 11.1. The van der Waals surface area contributed by atoms with Crippen molar-refractivity contribution in [1.29, 1.82) is 0 Å². The Morgan fingerprint density at radius 3 is 2.52 bits per heavy atom. The van der Waals surface area contributed by atoms with E-state index in [9.17, 15) is 0 Å². The van der Waals surface area contributed by atoms with Gasteiger partial charge in [0.1, 0.15) is 28.5 Å². The molecule has 0 aliphatic heterocycles. The molecule has 0 radical (unpaired) electrons. The fourth-order valence-electron chi connectivity index (χ4n) is 3.07. The van der Waals surface area contributed by atoms with Gasteiger partial charge in [0.05, 0.1) is 25.3 Å². The number of rotatable bonds is 5. The normalized spacial score (nSPS) is 10.8. The van der Waals surface area contributed by atoms with Crippen molar-refractivity contribution in [3.8, 4) is 21.9 Å². The van der Waals surface area contributed by atoms with Gasteiger partial charge in [-0.05, 0) is 30.2 Å². The number of aryl methyl sites for hydroxylation is 1. The summed E-state index contributed by atoms with van der Waals surface area (Å²) in [5.74, 6) is 2.22. The van der Waals surface area contributed by atoms with Crippen molar-refractivity contribution < 1.29 is 9.47 Å². The molecule has 0 unspecified atom stereocenters. The predicted octanol–water partition coefficient (Wildman–Crippen LogP) is 5.43. The largest absolute Gasteiger partial charge is 0.497 e. The Morgan fingerprint density at radius 2 is 1.78 bits per heavy atom. The van der Waals surface area contributed by atoms with Crippen LogP contribution in [-0.2, 0) is 0 Å². The van der Waals surface area contributed by atoms with Crippen LogP contribution >= 0.6 is 11.3 Å². The van der Waals surface area contributed by atoms with E-state index in [-0.39, 0.29) is 0 Å². The van der Waals surface area contributed by atoms with Crippen LogP contribution in [0.2, 0.25) is 0 Å². The minimum atomic E-state index is 0.721. The van der Waals surface area contributed by atoms with Gasteiger partial charge in [0.25, 0.3) is 0 Å². The van der Waals surface area contributed by atoms with E-state index < -0.39 is 0 Å². The molecule has 0 aliphatic rings. The van der Waals surface area contributed by atoms with Gasteiger partial charge in [-0.2, -0.15) is 0 Å². The average molecular weight is 377 g/mol. The van der Waals surface area contributed by atoms with Crippen LogP contribution in [0, 0.1) is 6.92 Å². The third kappa shape index (κ3) is 3.19. The molecule has 0 amide bonds. The van der Waals surface area contributed by atoms with E-state index in [0.29, 0.717) is 0 Å². The molecule has 5 nitrogen and oxygen atoms in total. The Kier molecular flexibility index (Phi) is 4.64. The molecular weight excluding hydrogens is 358 g/mol. The van der Waals surface area contributed by atoms with Gasteiger partial charge in [0.2, 0.25) is 0 Å². The standard InChI is InChI=1S/C21H19N3O2S/c1-13-18-20(24-16-11-15(25-2)9-10-17(16)26-3)22-12-23-21(18)27-19(13)14-7-5-4-6-8-14/h4-12H,1-3H3,(H,22,23,24). The number of anilines is 2. The highest BCUT2D eigenvalue weighted by Gasteiger charge is 2.16. The summed E-state index contributed by atoms with van der Waals surface area (Å²) in [6.07, 6.45) is 1.59. The lowest BCUT2D eigenvalue weighted by Crippen LogP contribution is -1.99. The number of methoxy groups -OCH3 is 2. The second-order valence-corrected chi connectivity index (χ2v) is 7.01. The highest BCUT2D eigenvalue weighted by Crippen LogP contribution is 2.41.